The largest absolute Gasteiger partial charge is 0.491 e. The molecule has 1 aromatic carbocycles. The topological polar surface area (TPSA) is 151 Å². The first-order chi connectivity index (χ1) is 14.5. The van der Waals surface area contributed by atoms with Crippen LogP contribution in [0.4, 0.5) is 0 Å². The molecular weight excluding hydrogens is 402 g/mol. The molecule has 1 aromatic rings. The van der Waals surface area contributed by atoms with Gasteiger partial charge < -0.3 is 31.3 Å². The zero-order valence-electron chi connectivity index (χ0n) is 18.6. The molecule has 2 amide bonds. The molecule has 9 heteroatoms. The fourth-order valence-corrected chi connectivity index (χ4v) is 3.05. The lowest BCUT2D eigenvalue weighted by Gasteiger charge is -2.23. The van der Waals surface area contributed by atoms with Gasteiger partial charge in [-0.2, -0.15) is 0 Å². The van der Waals surface area contributed by atoms with Crippen LogP contribution in [-0.4, -0.2) is 59.3 Å². The van der Waals surface area contributed by atoms with Gasteiger partial charge in [-0.15, -0.1) is 0 Å². The minimum absolute atomic E-state index is 0.0500. The lowest BCUT2D eigenvalue weighted by Crippen LogP contribution is -2.53. The zero-order valence-corrected chi connectivity index (χ0v) is 18.6. The Morgan fingerprint density at radius 1 is 1.00 bits per heavy atom. The second kappa shape index (κ2) is 12.9. The highest BCUT2D eigenvalue weighted by Crippen LogP contribution is 2.19. The van der Waals surface area contributed by atoms with Crippen LogP contribution in [0.25, 0.3) is 0 Å². The number of hydrogen-bond donors (Lipinski definition) is 5. The van der Waals surface area contributed by atoms with Crippen LogP contribution in [0, 0.1) is 11.8 Å². The molecule has 0 bridgehead atoms. The molecule has 0 fully saturated rings. The molecule has 31 heavy (non-hydrogen) atoms. The minimum Gasteiger partial charge on any atom is -0.491 e. The number of aliphatic hydroxyl groups excluding tert-OH is 1. The number of para-hydroxylation sites is 1. The number of carbonyl (C=O) groups is 3. The van der Waals surface area contributed by atoms with Crippen molar-refractivity contribution in [3.05, 3.63) is 29.8 Å². The van der Waals surface area contributed by atoms with Gasteiger partial charge in [0.15, 0.2) is 0 Å². The first-order valence-electron chi connectivity index (χ1n) is 10.5. The molecule has 0 aliphatic carbocycles. The second-order valence-corrected chi connectivity index (χ2v) is 8.43. The molecular formula is C22H35N3O6. The van der Waals surface area contributed by atoms with Crippen molar-refractivity contribution in [1.82, 2.24) is 10.6 Å². The number of carbonyl (C=O) groups excluding carboxylic acids is 2. The molecule has 3 atom stereocenters. The number of amides is 2. The van der Waals surface area contributed by atoms with Gasteiger partial charge in [0.2, 0.25) is 5.91 Å². The number of aliphatic hydroxyl groups is 1. The Bertz CT molecular complexity index is 738. The summed E-state index contributed by atoms with van der Waals surface area (Å²) in [5, 5.41) is 23.1. The van der Waals surface area contributed by atoms with Gasteiger partial charge in [-0.25, -0.2) is 4.79 Å². The molecule has 0 aliphatic heterocycles. The Hall–Kier alpha value is -2.65. The summed E-state index contributed by atoms with van der Waals surface area (Å²) in [5.41, 5.74) is 6.31. The molecule has 0 aliphatic rings. The molecule has 6 N–H and O–H groups in total. The number of hydrogen-bond acceptors (Lipinski definition) is 6. The summed E-state index contributed by atoms with van der Waals surface area (Å²) in [4.78, 5) is 36.6. The number of rotatable bonds is 13. The van der Waals surface area contributed by atoms with E-state index in [0.29, 0.717) is 11.7 Å². The first-order valence-corrected chi connectivity index (χ1v) is 10.5. The number of aliphatic carboxylic acids is 1. The molecule has 1 rings (SSSR count). The monoisotopic (exact) mass is 437 g/mol. The fraction of sp³-hybridized carbons (Fsp3) is 0.591. The van der Waals surface area contributed by atoms with E-state index in [1.165, 1.54) is 0 Å². The third kappa shape index (κ3) is 9.35. The van der Waals surface area contributed by atoms with E-state index >= 15 is 0 Å². The van der Waals surface area contributed by atoms with Crippen LogP contribution in [0.1, 0.15) is 50.9 Å². The molecule has 0 saturated carbocycles. The highest BCUT2D eigenvalue weighted by molar-refractivity contribution is 6.00. The lowest BCUT2D eigenvalue weighted by molar-refractivity contribution is -0.143. The van der Waals surface area contributed by atoms with Crippen molar-refractivity contribution in [2.24, 2.45) is 17.6 Å². The molecule has 0 radical (unpaired) electrons. The standard InChI is InChI=1S/C22H35N3O6/c1-13(2)9-15(23)12-31-19-8-6-5-7-16(19)20(27)24-17(10-14(3)4)21(28)25-18(11-26)22(29)30/h5-8,13-15,17-18,26H,9-12,23H2,1-4H3,(H,24,27)(H,25,28)(H,29,30)/t15-,17+,18+/m1/s1. The average Bonchev–Trinajstić information content (AvgIpc) is 2.68. The van der Waals surface area contributed by atoms with Crippen LogP contribution >= 0.6 is 0 Å². The van der Waals surface area contributed by atoms with Crippen LogP contribution in [0.5, 0.6) is 5.75 Å². The Kier molecular flexibility index (Phi) is 11.0. The maximum atomic E-state index is 12.9. The van der Waals surface area contributed by atoms with Crippen LogP contribution in [-0.2, 0) is 9.59 Å². The van der Waals surface area contributed by atoms with E-state index in [0.717, 1.165) is 6.42 Å². The number of carboxylic acid groups (broad SMARTS) is 1. The summed E-state index contributed by atoms with van der Waals surface area (Å²) in [6, 6.07) is 4.05. The highest BCUT2D eigenvalue weighted by Gasteiger charge is 2.27. The van der Waals surface area contributed by atoms with E-state index in [2.05, 4.69) is 24.5 Å². The first kappa shape index (κ1) is 26.4. The van der Waals surface area contributed by atoms with Crippen molar-refractivity contribution < 1.29 is 29.3 Å². The minimum atomic E-state index is -1.45. The van der Waals surface area contributed by atoms with Gasteiger partial charge in [0, 0.05) is 6.04 Å². The Labute approximate surface area is 183 Å². The second-order valence-electron chi connectivity index (χ2n) is 8.43. The molecule has 0 saturated heterocycles. The summed E-state index contributed by atoms with van der Waals surface area (Å²) in [7, 11) is 0. The van der Waals surface area contributed by atoms with E-state index in [4.69, 9.17) is 20.7 Å². The summed E-state index contributed by atoms with van der Waals surface area (Å²) in [6.07, 6.45) is 1.07. The number of benzene rings is 1. The summed E-state index contributed by atoms with van der Waals surface area (Å²) < 4.78 is 5.76. The lowest BCUT2D eigenvalue weighted by atomic mass is 10.0. The Morgan fingerprint density at radius 3 is 2.16 bits per heavy atom. The van der Waals surface area contributed by atoms with E-state index in [1.807, 2.05) is 13.8 Å². The summed E-state index contributed by atoms with van der Waals surface area (Å²) in [6.45, 7) is 7.37. The Balaban J connectivity index is 2.93. The Morgan fingerprint density at radius 2 is 1.61 bits per heavy atom. The maximum Gasteiger partial charge on any atom is 0.328 e. The third-order valence-electron chi connectivity index (χ3n) is 4.48. The van der Waals surface area contributed by atoms with Crippen LogP contribution in [0.15, 0.2) is 24.3 Å². The average molecular weight is 438 g/mol. The zero-order chi connectivity index (χ0) is 23.6. The van der Waals surface area contributed by atoms with Gasteiger partial charge in [0.05, 0.1) is 12.2 Å². The SMILES string of the molecule is CC(C)C[C@@H](N)COc1ccccc1C(=O)N[C@@H](CC(C)C)C(=O)N[C@@H](CO)C(=O)O. The van der Waals surface area contributed by atoms with Gasteiger partial charge >= 0.3 is 5.97 Å². The predicted molar refractivity (Wildman–Crippen MR) is 117 cm³/mol. The van der Waals surface area contributed by atoms with Crippen LogP contribution in [0.2, 0.25) is 0 Å². The highest BCUT2D eigenvalue weighted by atomic mass is 16.5. The van der Waals surface area contributed by atoms with Crippen molar-refractivity contribution in [2.45, 2.75) is 58.7 Å². The predicted octanol–water partition coefficient (Wildman–Crippen LogP) is 1.15. The smallest absolute Gasteiger partial charge is 0.328 e. The number of nitrogens with two attached hydrogens (primary N) is 1. The van der Waals surface area contributed by atoms with Crippen molar-refractivity contribution >= 4 is 17.8 Å². The van der Waals surface area contributed by atoms with Crippen LogP contribution in [0.3, 0.4) is 0 Å². The van der Waals surface area contributed by atoms with Gasteiger partial charge in [-0.1, -0.05) is 39.8 Å². The van der Waals surface area contributed by atoms with Crippen molar-refractivity contribution in [3.8, 4) is 5.75 Å². The quantitative estimate of drug-likeness (QED) is 0.310. The van der Waals surface area contributed by atoms with Gasteiger partial charge in [0.1, 0.15) is 24.4 Å². The molecule has 174 valence electrons. The summed E-state index contributed by atoms with van der Waals surface area (Å²) >= 11 is 0. The van der Waals surface area contributed by atoms with Gasteiger partial charge in [-0.3, -0.25) is 9.59 Å². The van der Waals surface area contributed by atoms with Crippen molar-refractivity contribution in [2.75, 3.05) is 13.2 Å². The molecule has 0 spiro atoms. The van der Waals surface area contributed by atoms with E-state index in [-0.39, 0.29) is 30.6 Å². The van der Waals surface area contributed by atoms with E-state index < -0.39 is 36.5 Å². The third-order valence-corrected chi connectivity index (χ3v) is 4.48. The van der Waals surface area contributed by atoms with E-state index in [9.17, 15) is 14.4 Å². The molecule has 9 nitrogen and oxygen atoms in total. The van der Waals surface area contributed by atoms with Gasteiger partial charge in [-0.05, 0) is 36.8 Å². The molecule has 0 heterocycles. The maximum absolute atomic E-state index is 12.9. The molecule has 0 unspecified atom stereocenters. The normalized spacial score (nSPS) is 14.1. The van der Waals surface area contributed by atoms with Crippen LogP contribution < -0.4 is 21.1 Å². The van der Waals surface area contributed by atoms with Crippen molar-refractivity contribution in [1.29, 1.82) is 0 Å². The number of carboxylic acids is 1. The fourth-order valence-electron chi connectivity index (χ4n) is 3.05. The molecule has 0 aromatic heterocycles. The van der Waals surface area contributed by atoms with E-state index in [1.54, 1.807) is 24.3 Å². The summed E-state index contributed by atoms with van der Waals surface area (Å²) in [5.74, 6) is -1.75. The number of ether oxygens (including phenoxy) is 1. The van der Waals surface area contributed by atoms with Gasteiger partial charge in [0.25, 0.3) is 5.91 Å². The van der Waals surface area contributed by atoms with Crippen molar-refractivity contribution in [3.63, 3.8) is 0 Å². The number of nitrogens with one attached hydrogen (secondary N) is 2.